The molecular formula is C13H19ClN2O2S. The Labute approximate surface area is 119 Å². The van der Waals surface area contributed by atoms with Crippen LogP contribution in [0.5, 0.6) is 0 Å². The number of rotatable bonds is 3. The third-order valence-corrected chi connectivity index (χ3v) is 5.85. The predicted molar refractivity (Wildman–Crippen MR) is 77.0 cm³/mol. The molecule has 1 aliphatic rings. The molecule has 1 aromatic rings. The smallest absolute Gasteiger partial charge is 0.244 e. The molecule has 1 heterocycles. The fourth-order valence-corrected chi connectivity index (χ4v) is 4.45. The van der Waals surface area contributed by atoms with E-state index in [0.29, 0.717) is 18.1 Å². The molecule has 0 saturated carbocycles. The van der Waals surface area contributed by atoms with Crippen molar-refractivity contribution in [2.75, 3.05) is 20.1 Å². The van der Waals surface area contributed by atoms with Crippen LogP contribution < -0.4 is 5.32 Å². The van der Waals surface area contributed by atoms with Gasteiger partial charge in [-0.05, 0) is 44.5 Å². The van der Waals surface area contributed by atoms with Gasteiger partial charge in [-0.25, -0.2) is 8.42 Å². The van der Waals surface area contributed by atoms with E-state index in [-0.39, 0.29) is 10.9 Å². The molecule has 1 aliphatic heterocycles. The van der Waals surface area contributed by atoms with E-state index in [4.69, 9.17) is 11.6 Å². The number of hydrogen-bond donors (Lipinski definition) is 1. The maximum absolute atomic E-state index is 12.6. The summed E-state index contributed by atoms with van der Waals surface area (Å²) in [7, 11) is -1.63. The van der Waals surface area contributed by atoms with E-state index in [0.717, 1.165) is 18.4 Å². The van der Waals surface area contributed by atoms with E-state index in [1.807, 2.05) is 14.0 Å². The minimum Gasteiger partial charge on any atom is -0.316 e. The molecule has 1 unspecified atom stereocenters. The lowest BCUT2D eigenvalue weighted by Gasteiger charge is -2.31. The van der Waals surface area contributed by atoms with Crippen molar-refractivity contribution in [2.24, 2.45) is 0 Å². The molecule has 0 spiro atoms. The summed E-state index contributed by atoms with van der Waals surface area (Å²) in [5, 5.41) is 3.44. The maximum atomic E-state index is 12.6. The highest BCUT2D eigenvalue weighted by molar-refractivity contribution is 7.89. The van der Waals surface area contributed by atoms with E-state index in [1.54, 1.807) is 18.2 Å². The van der Waals surface area contributed by atoms with Gasteiger partial charge in [-0.3, -0.25) is 0 Å². The van der Waals surface area contributed by atoms with Gasteiger partial charge in [0.1, 0.15) is 4.90 Å². The number of hydrogen-bond acceptors (Lipinski definition) is 3. The molecule has 1 atom stereocenters. The summed E-state index contributed by atoms with van der Waals surface area (Å²) in [6.45, 7) is 2.95. The first kappa shape index (κ1) is 14.8. The summed E-state index contributed by atoms with van der Waals surface area (Å²) in [4.78, 5) is 0.205. The number of likely N-dealkylation sites (N-methyl/N-ethyl adjacent to an activating group) is 1. The number of aryl methyl sites for hydroxylation is 1. The lowest BCUT2D eigenvalue weighted by Crippen LogP contribution is -2.46. The van der Waals surface area contributed by atoms with Crippen LogP contribution in [0.25, 0.3) is 0 Å². The zero-order chi connectivity index (χ0) is 14.0. The van der Waals surface area contributed by atoms with Crippen molar-refractivity contribution in [1.29, 1.82) is 0 Å². The molecule has 0 aromatic heterocycles. The van der Waals surface area contributed by atoms with Crippen LogP contribution in [0.3, 0.4) is 0 Å². The Kier molecular flexibility index (Phi) is 4.50. The molecule has 1 N–H and O–H groups in total. The zero-order valence-corrected chi connectivity index (χ0v) is 12.8. The first-order valence-corrected chi connectivity index (χ1v) is 8.20. The van der Waals surface area contributed by atoms with Crippen LogP contribution >= 0.6 is 11.6 Å². The Balaban J connectivity index is 2.31. The molecule has 2 rings (SSSR count). The van der Waals surface area contributed by atoms with Crippen LogP contribution in [0.1, 0.15) is 18.4 Å². The van der Waals surface area contributed by atoms with Gasteiger partial charge in [0, 0.05) is 19.1 Å². The van der Waals surface area contributed by atoms with Crippen molar-refractivity contribution in [3.05, 3.63) is 28.8 Å². The normalized spacial score (nSPS) is 21.5. The number of nitrogens with one attached hydrogen (secondary N) is 1. The first-order valence-electron chi connectivity index (χ1n) is 6.38. The molecule has 0 amide bonds. The van der Waals surface area contributed by atoms with Gasteiger partial charge in [0.05, 0.1) is 5.02 Å². The number of nitrogens with zero attached hydrogens (tertiary/aromatic N) is 1. The van der Waals surface area contributed by atoms with Crippen LogP contribution in [0, 0.1) is 6.92 Å². The molecule has 1 aromatic carbocycles. The standard InChI is InChI=1S/C13H19ClN2O2S/c1-10-5-6-13(12(14)8-10)19(17,18)16-7-3-4-11(9-16)15-2/h5-6,8,11,15H,3-4,7,9H2,1-2H3. The number of sulfonamides is 1. The number of benzene rings is 1. The largest absolute Gasteiger partial charge is 0.316 e. The quantitative estimate of drug-likeness (QED) is 0.929. The molecule has 0 radical (unpaired) electrons. The highest BCUT2D eigenvalue weighted by Gasteiger charge is 2.30. The van der Waals surface area contributed by atoms with E-state index in [9.17, 15) is 8.42 Å². The Hall–Kier alpha value is -0.620. The molecule has 1 saturated heterocycles. The van der Waals surface area contributed by atoms with Gasteiger partial charge < -0.3 is 5.32 Å². The summed E-state index contributed by atoms with van der Waals surface area (Å²) in [5.41, 5.74) is 0.954. The van der Waals surface area contributed by atoms with Crippen LogP contribution in [0.4, 0.5) is 0 Å². The van der Waals surface area contributed by atoms with Crippen molar-refractivity contribution in [3.8, 4) is 0 Å². The highest BCUT2D eigenvalue weighted by atomic mass is 35.5. The number of piperidine rings is 1. The molecule has 106 valence electrons. The van der Waals surface area contributed by atoms with E-state index < -0.39 is 10.0 Å². The van der Waals surface area contributed by atoms with Crippen molar-refractivity contribution >= 4 is 21.6 Å². The average molecular weight is 303 g/mol. The molecule has 1 fully saturated rings. The summed E-state index contributed by atoms with van der Waals surface area (Å²) in [5.74, 6) is 0. The molecular weight excluding hydrogens is 284 g/mol. The second-order valence-electron chi connectivity index (χ2n) is 4.92. The summed E-state index contributed by atoms with van der Waals surface area (Å²) >= 11 is 6.08. The van der Waals surface area contributed by atoms with Crippen molar-refractivity contribution in [1.82, 2.24) is 9.62 Å². The van der Waals surface area contributed by atoms with Crippen LogP contribution in [0.15, 0.2) is 23.1 Å². The minimum absolute atomic E-state index is 0.205. The average Bonchev–Trinajstić information content (AvgIpc) is 2.38. The monoisotopic (exact) mass is 302 g/mol. The topological polar surface area (TPSA) is 49.4 Å². The Morgan fingerprint density at radius 2 is 2.16 bits per heavy atom. The van der Waals surface area contributed by atoms with Gasteiger partial charge in [-0.2, -0.15) is 4.31 Å². The SMILES string of the molecule is CNC1CCCN(S(=O)(=O)c2ccc(C)cc2Cl)C1. The third kappa shape index (κ3) is 3.11. The fraction of sp³-hybridized carbons (Fsp3) is 0.538. The fourth-order valence-electron chi connectivity index (χ4n) is 2.35. The van der Waals surface area contributed by atoms with Gasteiger partial charge >= 0.3 is 0 Å². The highest BCUT2D eigenvalue weighted by Crippen LogP contribution is 2.27. The lowest BCUT2D eigenvalue weighted by atomic mass is 10.1. The Morgan fingerprint density at radius 3 is 2.79 bits per heavy atom. The number of halogens is 1. The molecule has 0 aliphatic carbocycles. The summed E-state index contributed by atoms with van der Waals surface area (Å²) < 4.78 is 26.7. The first-order chi connectivity index (χ1) is 8.95. The van der Waals surface area contributed by atoms with Gasteiger partial charge in [-0.1, -0.05) is 17.7 Å². The molecule has 19 heavy (non-hydrogen) atoms. The van der Waals surface area contributed by atoms with Gasteiger partial charge in [0.15, 0.2) is 0 Å². The zero-order valence-electron chi connectivity index (χ0n) is 11.2. The van der Waals surface area contributed by atoms with Crippen LogP contribution in [-0.2, 0) is 10.0 Å². The Morgan fingerprint density at radius 1 is 1.42 bits per heavy atom. The van der Waals surface area contributed by atoms with Gasteiger partial charge in [0.25, 0.3) is 0 Å². The third-order valence-electron chi connectivity index (χ3n) is 3.50. The second kappa shape index (κ2) is 5.79. The summed E-state index contributed by atoms with van der Waals surface area (Å²) in [6.07, 6.45) is 1.87. The van der Waals surface area contributed by atoms with E-state index in [1.165, 1.54) is 4.31 Å². The summed E-state index contributed by atoms with van der Waals surface area (Å²) in [6, 6.07) is 5.27. The maximum Gasteiger partial charge on any atom is 0.244 e. The van der Waals surface area contributed by atoms with E-state index in [2.05, 4.69) is 5.32 Å². The van der Waals surface area contributed by atoms with Gasteiger partial charge in [0.2, 0.25) is 10.0 Å². The Bertz CT molecular complexity index is 560. The van der Waals surface area contributed by atoms with Crippen molar-refractivity contribution in [3.63, 3.8) is 0 Å². The predicted octanol–water partition coefficient (Wildman–Crippen LogP) is 2.02. The van der Waals surface area contributed by atoms with Crippen molar-refractivity contribution in [2.45, 2.75) is 30.7 Å². The van der Waals surface area contributed by atoms with Crippen LogP contribution in [-0.4, -0.2) is 38.9 Å². The minimum atomic E-state index is -3.49. The molecule has 0 bridgehead atoms. The van der Waals surface area contributed by atoms with E-state index >= 15 is 0 Å². The van der Waals surface area contributed by atoms with Crippen LogP contribution in [0.2, 0.25) is 5.02 Å². The molecule has 6 heteroatoms. The van der Waals surface area contributed by atoms with Gasteiger partial charge in [-0.15, -0.1) is 0 Å². The van der Waals surface area contributed by atoms with Crippen molar-refractivity contribution < 1.29 is 8.42 Å². The lowest BCUT2D eigenvalue weighted by molar-refractivity contribution is 0.293. The second-order valence-corrected chi connectivity index (χ2v) is 7.24. The molecule has 4 nitrogen and oxygen atoms in total.